The maximum Gasteiger partial charge on any atom is 0.262 e. The molecule has 2 heterocycles. The molecule has 0 amide bonds. The lowest BCUT2D eigenvalue weighted by Gasteiger charge is -2.20. The Hall–Kier alpha value is -2.74. The van der Waals surface area contributed by atoms with Crippen molar-refractivity contribution >= 4 is 15.7 Å². The molecular formula is C18H21N5O2S. The molecule has 0 saturated carbocycles. The van der Waals surface area contributed by atoms with E-state index in [9.17, 15) is 8.42 Å². The molecule has 0 aliphatic heterocycles. The highest BCUT2D eigenvalue weighted by molar-refractivity contribution is 7.92. The zero-order valence-electron chi connectivity index (χ0n) is 15.4. The van der Waals surface area contributed by atoms with Crippen LogP contribution in [0.4, 0.5) is 5.69 Å². The smallest absolute Gasteiger partial charge is 0.262 e. The van der Waals surface area contributed by atoms with Crippen LogP contribution in [0, 0.1) is 34.6 Å². The first kappa shape index (κ1) is 18.1. The van der Waals surface area contributed by atoms with Crippen molar-refractivity contribution < 1.29 is 8.42 Å². The number of benzene rings is 1. The van der Waals surface area contributed by atoms with E-state index >= 15 is 0 Å². The third-order valence-electron chi connectivity index (χ3n) is 4.87. The van der Waals surface area contributed by atoms with E-state index in [1.807, 2.05) is 34.6 Å². The molecule has 0 aliphatic carbocycles. The quantitative estimate of drug-likeness (QED) is 0.761. The Balaban J connectivity index is 2.14. The van der Waals surface area contributed by atoms with E-state index in [-0.39, 0.29) is 0 Å². The molecule has 8 heteroatoms. The van der Waals surface area contributed by atoms with E-state index in [1.165, 1.54) is 17.3 Å². The minimum atomic E-state index is -3.80. The van der Waals surface area contributed by atoms with Crippen molar-refractivity contribution in [2.24, 2.45) is 0 Å². The van der Waals surface area contributed by atoms with Crippen LogP contribution >= 0.6 is 0 Å². The SMILES string of the molecule is Cc1c(C)c(C)c(S(=O)(=O)Nc2cccnc2-n2cncn2)c(C)c1C. The summed E-state index contributed by atoms with van der Waals surface area (Å²) >= 11 is 0. The predicted molar refractivity (Wildman–Crippen MR) is 100 cm³/mol. The number of nitrogens with zero attached hydrogens (tertiary/aromatic N) is 4. The standard InChI is InChI=1S/C18H21N5O2S/c1-11-12(2)14(4)17(15(5)13(11)3)26(24,25)22-16-7-6-8-20-18(16)23-10-19-9-21-23/h6-10,22H,1-5H3. The molecule has 0 fully saturated rings. The lowest BCUT2D eigenvalue weighted by atomic mass is 9.95. The van der Waals surface area contributed by atoms with Crippen LogP contribution in [0.1, 0.15) is 27.8 Å². The van der Waals surface area contributed by atoms with Gasteiger partial charge in [-0.05, 0) is 74.6 Å². The number of anilines is 1. The van der Waals surface area contributed by atoms with E-state index in [1.54, 1.807) is 18.3 Å². The van der Waals surface area contributed by atoms with Crippen LogP contribution in [0.25, 0.3) is 5.82 Å². The number of hydrogen-bond donors (Lipinski definition) is 1. The summed E-state index contributed by atoms with van der Waals surface area (Å²) in [5.41, 5.74) is 4.93. The van der Waals surface area contributed by atoms with Crippen molar-refractivity contribution in [1.29, 1.82) is 0 Å². The van der Waals surface area contributed by atoms with Gasteiger partial charge in [0.15, 0.2) is 5.82 Å². The van der Waals surface area contributed by atoms with Crippen LogP contribution in [0.3, 0.4) is 0 Å². The number of nitrogens with one attached hydrogen (secondary N) is 1. The van der Waals surface area contributed by atoms with Crippen molar-refractivity contribution in [3.63, 3.8) is 0 Å². The van der Waals surface area contributed by atoms with Gasteiger partial charge >= 0.3 is 0 Å². The van der Waals surface area contributed by atoms with Gasteiger partial charge in [-0.3, -0.25) is 4.72 Å². The van der Waals surface area contributed by atoms with Gasteiger partial charge in [-0.2, -0.15) is 5.10 Å². The molecule has 3 rings (SSSR count). The largest absolute Gasteiger partial charge is 0.276 e. The average molecular weight is 371 g/mol. The molecule has 2 aromatic heterocycles. The summed E-state index contributed by atoms with van der Waals surface area (Å²) < 4.78 is 30.5. The topological polar surface area (TPSA) is 89.8 Å². The van der Waals surface area contributed by atoms with Crippen molar-refractivity contribution in [3.8, 4) is 5.82 Å². The lowest BCUT2D eigenvalue weighted by Crippen LogP contribution is -2.19. The van der Waals surface area contributed by atoms with Crippen LogP contribution < -0.4 is 4.72 Å². The Morgan fingerprint density at radius 3 is 2.15 bits per heavy atom. The lowest BCUT2D eigenvalue weighted by molar-refractivity contribution is 0.599. The van der Waals surface area contributed by atoms with Gasteiger partial charge in [0.1, 0.15) is 12.7 Å². The van der Waals surface area contributed by atoms with Crippen LogP contribution in [0.15, 0.2) is 35.9 Å². The van der Waals surface area contributed by atoms with Crippen molar-refractivity contribution in [2.45, 2.75) is 39.5 Å². The fourth-order valence-electron chi connectivity index (χ4n) is 3.04. The van der Waals surface area contributed by atoms with E-state index in [0.717, 1.165) is 27.8 Å². The second kappa shape index (κ2) is 6.53. The molecule has 0 radical (unpaired) electrons. The summed E-state index contributed by atoms with van der Waals surface area (Å²) in [5.74, 6) is 0.365. The number of aromatic nitrogens is 4. The maximum absolute atomic E-state index is 13.2. The molecule has 26 heavy (non-hydrogen) atoms. The fourth-order valence-corrected chi connectivity index (χ4v) is 4.70. The third kappa shape index (κ3) is 2.96. The first-order valence-electron chi connectivity index (χ1n) is 8.14. The van der Waals surface area contributed by atoms with E-state index in [0.29, 0.717) is 16.4 Å². The summed E-state index contributed by atoms with van der Waals surface area (Å²) in [4.78, 5) is 8.43. The second-order valence-corrected chi connectivity index (χ2v) is 7.89. The maximum atomic E-state index is 13.2. The van der Waals surface area contributed by atoms with Crippen molar-refractivity contribution in [2.75, 3.05) is 4.72 Å². The van der Waals surface area contributed by atoms with Gasteiger partial charge in [0.2, 0.25) is 0 Å². The number of rotatable bonds is 4. The Labute approximate surface area is 153 Å². The van der Waals surface area contributed by atoms with Crippen LogP contribution in [0.5, 0.6) is 0 Å². The first-order chi connectivity index (χ1) is 12.2. The minimum Gasteiger partial charge on any atom is -0.276 e. The Morgan fingerprint density at radius 2 is 1.58 bits per heavy atom. The second-order valence-electron chi connectivity index (χ2n) is 6.27. The highest BCUT2D eigenvalue weighted by Crippen LogP contribution is 2.31. The zero-order chi connectivity index (χ0) is 19.1. The third-order valence-corrected chi connectivity index (χ3v) is 6.51. The Kier molecular flexibility index (Phi) is 4.53. The summed E-state index contributed by atoms with van der Waals surface area (Å²) in [7, 11) is -3.80. The van der Waals surface area contributed by atoms with E-state index in [4.69, 9.17) is 0 Å². The van der Waals surface area contributed by atoms with Crippen molar-refractivity contribution in [1.82, 2.24) is 19.7 Å². The number of pyridine rings is 1. The molecule has 7 nitrogen and oxygen atoms in total. The molecular weight excluding hydrogens is 350 g/mol. The molecule has 0 spiro atoms. The number of hydrogen-bond acceptors (Lipinski definition) is 5. The highest BCUT2D eigenvalue weighted by atomic mass is 32.2. The Morgan fingerprint density at radius 1 is 0.962 bits per heavy atom. The van der Waals surface area contributed by atoms with E-state index < -0.39 is 10.0 Å². The molecule has 0 atom stereocenters. The molecule has 0 saturated heterocycles. The highest BCUT2D eigenvalue weighted by Gasteiger charge is 2.25. The summed E-state index contributed by atoms with van der Waals surface area (Å²) in [6, 6.07) is 3.32. The first-order valence-corrected chi connectivity index (χ1v) is 9.62. The molecule has 0 unspecified atom stereocenters. The van der Waals surface area contributed by atoms with Gasteiger partial charge in [-0.25, -0.2) is 23.1 Å². The van der Waals surface area contributed by atoms with Gasteiger partial charge < -0.3 is 0 Å². The average Bonchev–Trinajstić information content (AvgIpc) is 3.12. The van der Waals surface area contributed by atoms with Crippen LogP contribution in [-0.2, 0) is 10.0 Å². The summed E-state index contributed by atoms with van der Waals surface area (Å²) in [5, 5.41) is 4.03. The molecule has 1 aromatic carbocycles. The number of sulfonamides is 1. The van der Waals surface area contributed by atoms with Gasteiger partial charge in [-0.1, -0.05) is 0 Å². The molecule has 136 valence electrons. The van der Waals surface area contributed by atoms with Gasteiger partial charge in [0, 0.05) is 6.20 Å². The summed E-state index contributed by atoms with van der Waals surface area (Å²) in [6.45, 7) is 9.58. The monoisotopic (exact) mass is 371 g/mol. The molecule has 0 aliphatic rings. The minimum absolute atomic E-state index is 0.312. The summed E-state index contributed by atoms with van der Waals surface area (Å²) in [6.07, 6.45) is 4.41. The normalized spacial score (nSPS) is 11.6. The zero-order valence-corrected chi connectivity index (χ0v) is 16.2. The predicted octanol–water partition coefficient (Wildman–Crippen LogP) is 3.01. The molecule has 0 bridgehead atoms. The van der Waals surface area contributed by atoms with Crippen molar-refractivity contribution in [3.05, 3.63) is 58.8 Å². The van der Waals surface area contributed by atoms with Gasteiger partial charge in [0.25, 0.3) is 10.0 Å². The molecule has 3 aromatic rings. The fraction of sp³-hybridized carbons (Fsp3) is 0.278. The van der Waals surface area contributed by atoms with Gasteiger partial charge in [-0.15, -0.1) is 0 Å². The van der Waals surface area contributed by atoms with Gasteiger partial charge in [0.05, 0.1) is 10.6 Å². The van der Waals surface area contributed by atoms with Crippen LogP contribution in [0.2, 0.25) is 0 Å². The Bertz CT molecular complexity index is 1040. The van der Waals surface area contributed by atoms with Crippen LogP contribution in [-0.4, -0.2) is 28.2 Å². The van der Waals surface area contributed by atoms with E-state index in [2.05, 4.69) is 19.8 Å². The molecule has 1 N–H and O–H groups in total.